The van der Waals surface area contributed by atoms with E-state index in [1.165, 1.54) is 154 Å². The first-order valence-electron chi connectivity index (χ1n) is 30.3. The van der Waals surface area contributed by atoms with Gasteiger partial charge in [0.2, 0.25) is 0 Å². The Hall–Kier alpha value is -2.80. The summed E-state index contributed by atoms with van der Waals surface area (Å²) in [4.78, 5) is 51.1. The van der Waals surface area contributed by atoms with E-state index in [1.54, 1.807) is 0 Å². The molecule has 12 nitrogen and oxygen atoms in total. The van der Waals surface area contributed by atoms with Crippen molar-refractivity contribution in [1.29, 1.82) is 0 Å². The van der Waals surface area contributed by atoms with E-state index in [0.717, 1.165) is 77.0 Å². The Morgan fingerprint density at radius 3 is 1.26 bits per heavy atom. The third-order valence-corrected chi connectivity index (χ3v) is 14.0. The van der Waals surface area contributed by atoms with Gasteiger partial charge in [0.15, 0.2) is 24.6 Å². The van der Waals surface area contributed by atoms with Crippen LogP contribution in [0.1, 0.15) is 290 Å². The quantitative estimate of drug-likeness (QED) is 0.0228. The number of aliphatic carboxylic acids is 1. The van der Waals surface area contributed by atoms with Gasteiger partial charge in [0.25, 0.3) is 0 Å². The van der Waals surface area contributed by atoms with Gasteiger partial charge in [0, 0.05) is 19.3 Å². The number of hydrogen-bond donors (Lipinski definition) is 3. The SMILES string of the molecule is CCCCC/C=C\C/C=C\CCCCCCCCCCCC(=O)OCC(COC1OC(C(=O)O)C(O)C(O)C1OC(=O)CCCCCCCCCCCCC)OC(=O)CCCCCCCCCCCCCCC. The second kappa shape index (κ2) is 50.0. The summed E-state index contributed by atoms with van der Waals surface area (Å²) < 4.78 is 28.4. The first-order chi connectivity index (χ1) is 35.6. The maximum atomic E-state index is 13.1. The molecule has 426 valence electrons. The summed E-state index contributed by atoms with van der Waals surface area (Å²) >= 11 is 0. The van der Waals surface area contributed by atoms with Crippen LogP contribution in [0.25, 0.3) is 0 Å². The van der Waals surface area contributed by atoms with Crippen molar-refractivity contribution in [1.82, 2.24) is 0 Å². The highest BCUT2D eigenvalue weighted by atomic mass is 16.7. The van der Waals surface area contributed by atoms with Crippen molar-refractivity contribution in [3.05, 3.63) is 24.3 Å². The van der Waals surface area contributed by atoms with Crippen LogP contribution in [0.4, 0.5) is 0 Å². The Bertz CT molecular complexity index is 1370. The zero-order valence-corrected chi connectivity index (χ0v) is 46.9. The number of carboxylic acid groups (broad SMARTS) is 1. The summed E-state index contributed by atoms with van der Waals surface area (Å²) in [5.41, 5.74) is 0. The van der Waals surface area contributed by atoms with E-state index in [9.17, 15) is 34.5 Å². The van der Waals surface area contributed by atoms with Gasteiger partial charge in [0.1, 0.15) is 18.8 Å². The van der Waals surface area contributed by atoms with Gasteiger partial charge in [-0.3, -0.25) is 14.4 Å². The van der Waals surface area contributed by atoms with Crippen LogP contribution in [0, 0.1) is 0 Å². The van der Waals surface area contributed by atoms with Gasteiger partial charge in [0.05, 0.1) is 6.61 Å². The lowest BCUT2D eigenvalue weighted by Crippen LogP contribution is -2.61. The zero-order valence-electron chi connectivity index (χ0n) is 46.9. The van der Waals surface area contributed by atoms with Crippen LogP contribution in [-0.2, 0) is 42.9 Å². The van der Waals surface area contributed by atoms with Gasteiger partial charge in [-0.2, -0.15) is 0 Å². The third kappa shape index (κ3) is 40.2. The smallest absolute Gasteiger partial charge is 0.335 e. The molecule has 1 aliphatic heterocycles. The molecule has 73 heavy (non-hydrogen) atoms. The van der Waals surface area contributed by atoms with Crippen molar-refractivity contribution in [2.24, 2.45) is 0 Å². The standard InChI is InChI=1S/C61H110O12/c1-4-7-10-13-16-19-22-24-25-26-27-28-29-31-33-35-38-41-44-47-53(62)69-50-52(71-54(63)48-45-42-39-37-34-30-23-20-17-14-11-8-5-2)51-70-61-59(57(66)56(65)58(73-61)60(67)68)72-55(64)49-46-43-40-36-32-21-18-15-12-9-6-3/h16,19,24-25,52,56-59,61,65-66H,4-15,17-18,20-23,26-51H2,1-3H3,(H,67,68)/b19-16-,25-24-. The number of aliphatic hydroxyl groups excluding tert-OH is 2. The number of carbonyl (C=O) groups excluding carboxylic acids is 3. The number of carbonyl (C=O) groups is 4. The van der Waals surface area contributed by atoms with Crippen LogP contribution in [0.15, 0.2) is 24.3 Å². The Morgan fingerprint density at radius 2 is 0.822 bits per heavy atom. The lowest BCUT2D eigenvalue weighted by Gasteiger charge is -2.40. The molecule has 1 heterocycles. The fourth-order valence-electron chi connectivity index (χ4n) is 9.34. The lowest BCUT2D eigenvalue weighted by atomic mass is 9.98. The van der Waals surface area contributed by atoms with Gasteiger partial charge in [-0.1, -0.05) is 244 Å². The summed E-state index contributed by atoms with van der Waals surface area (Å²) in [6.07, 6.45) is 44.4. The molecule has 3 N–H and O–H groups in total. The number of allylic oxidation sites excluding steroid dienone is 4. The minimum atomic E-state index is -1.90. The third-order valence-electron chi connectivity index (χ3n) is 14.0. The molecule has 12 heteroatoms. The molecule has 1 saturated heterocycles. The monoisotopic (exact) mass is 1030 g/mol. The summed E-state index contributed by atoms with van der Waals surface area (Å²) in [6, 6.07) is 0. The molecule has 0 aromatic heterocycles. The van der Waals surface area contributed by atoms with Crippen molar-refractivity contribution in [3.8, 4) is 0 Å². The molecule has 0 saturated carbocycles. The van der Waals surface area contributed by atoms with E-state index in [1.807, 2.05) is 0 Å². The summed E-state index contributed by atoms with van der Waals surface area (Å²) in [5.74, 6) is -3.09. The number of hydrogen-bond acceptors (Lipinski definition) is 11. The number of aliphatic hydroxyl groups is 2. The highest BCUT2D eigenvalue weighted by Gasteiger charge is 2.50. The van der Waals surface area contributed by atoms with Gasteiger partial charge >= 0.3 is 23.9 Å². The highest BCUT2D eigenvalue weighted by Crippen LogP contribution is 2.27. The molecule has 6 atom stereocenters. The molecule has 1 fully saturated rings. The van der Waals surface area contributed by atoms with E-state index in [-0.39, 0.29) is 25.9 Å². The zero-order chi connectivity index (χ0) is 53.3. The first kappa shape index (κ1) is 68.2. The molecule has 0 radical (unpaired) electrons. The fraction of sp³-hybridized carbons (Fsp3) is 0.869. The second-order valence-electron chi connectivity index (χ2n) is 21.0. The van der Waals surface area contributed by atoms with Crippen molar-refractivity contribution >= 4 is 23.9 Å². The van der Waals surface area contributed by atoms with Crippen LogP contribution in [0.5, 0.6) is 0 Å². The number of carboxylic acids is 1. The molecule has 0 amide bonds. The van der Waals surface area contributed by atoms with Crippen LogP contribution >= 0.6 is 0 Å². The molecule has 0 aromatic carbocycles. The van der Waals surface area contributed by atoms with Gasteiger partial charge in [-0.25, -0.2) is 4.79 Å². The molecular formula is C61H110O12. The average molecular weight is 1040 g/mol. The van der Waals surface area contributed by atoms with Crippen molar-refractivity contribution in [3.63, 3.8) is 0 Å². The van der Waals surface area contributed by atoms with Crippen molar-refractivity contribution in [2.75, 3.05) is 13.2 Å². The molecule has 1 aliphatic rings. The molecule has 6 unspecified atom stereocenters. The highest BCUT2D eigenvalue weighted by molar-refractivity contribution is 5.74. The number of unbranched alkanes of at least 4 members (excludes halogenated alkanes) is 34. The first-order valence-corrected chi connectivity index (χ1v) is 30.3. The molecule has 1 rings (SSSR count). The van der Waals surface area contributed by atoms with Crippen molar-refractivity contribution < 1.29 is 58.2 Å². The molecule has 0 aromatic rings. The predicted octanol–water partition coefficient (Wildman–Crippen LogP) is 15.5. The normalized spacial score (nSPS) is 18.4. The maximum absolute atomic E-state index is 13.1. The summed E-state index contributed by atoms with van der Waals surface area (Å²) in [5, 5.41) is 31.4. The van der Waals surface area contributed by atoms with E-state index < -0.39 is 67.3 Å². The number of rotatable bonds is 52. The molecule has 0 bridgehead atoms. The van der Waals surface area contributed by atoms with Gasteiger partial charge in [-0.05, 0) is 51.4 Å². The van der Waals surface area contributed by atoms with Crippen LogP contribution in [0.3, 0.4) is 0 Å². The fourth-order valence-corrected chi connectivity index (χ4v) is 9.34. The van der Waals surface area contributed by atoms with E-state index in [0.29, 0.717) is 19.3 Å². The number of esters is 3. The van der Waals surface area contributed by atoms with Gasteiger partial charge in [-0.15, -0.1) is 0 Å². The minimum Gasteiger partial charge on any atom is -0.479 e. The van der Waals surface area contributed by atoms with Crippen LogP contribution < -0.4 is 0 Å². The second-order valence-corrected chi connectivity index (χ2v) is 21.0. The largest absolute Gasteiger partial charge is 0.479 e. The Kier molecular flexibility index (Phi) is 46.8. The van der Waals surface area contributed by atoms with E-state index in [4.69, 9.17) is 23.7 Å². The Morgan fingerprint density at radius 1 is 0.452 bits per heavy atom. The van der Waals surface area contributed by atoms with Crippen LogP contribution in [-0.4, -0.2) is 89.2 Å². The molecule has 0 aliphatic carbocycles. The minimum absolute atomic E-state index is 0.0665. The Balaban J connectivity index is 2.64. The maximum Gasteiger partial charge on any atom is 0.335 e. The summed E-state index contributed by atoms with van der Waals surface area (Å²) in [6.45, 7) is 5.98. The Labute approximate surface area is 445 Å². The molecular weight excluding hydrogens is 925 g/mol. The predicted molar refractivity (Wildman–Crippen MR) is 294 cm³/mol. The van der Waals surface area contributed by atoms with E-state index >= 15 is 0 Å². The summed E-state index contributed by atoms with van der Waals surface area (Å²) in [7, 11) is 0. The van der Waals surface area contributed by atoms with Gasteiger partial charge < -0.3 is 39.0 Å². The topological polar surface area (TPSA) is 175 Å². The average Bonchev–Trinajstić information content (AvgIpc) is 3.37. The lowest BCUT2D eigenvalue weighted by molar-refractivity contribution is -0.301. The van der Waals surface area contributed by atoms with Crippen LogP contribution in [0.2, 0.25) is 0 Å². The number of ether oxygens (including phenoxy) is 5. The molecule has 0 spiro atoms. The van der Waals surface area contributed by atoms with Crippen molar-refractivity contribution in [2.45, 2.75) is 327 Å². The van der Waals surface area contributed by atoms with E-state index in [2.05, 4.69) is 45.1 Å².